The van der Waals surface area contributed by atoms with Crippen LogP contribution in [0, 0.1) is 11.6 Å². The molecule has 0 aliphatic heterocycles. The van der Waals surface area contributed by atoms with Crippen molar-refractivity contribution in [1.82, 2.24) is 9.97 Å². The van der Waals surface area contributed by atoms with Crippen molar-refractivity contribution in [3.05, 3.63) is 53.6 Å². The number of rotatable bonds is 3. The summed E-state index contributed by atoms with van der Waals surface area (Å²) in [6.45, 7) is 1.93. The third-order valence-corrected chi connectivity index (χ3v) is 2.66. The molecule has 2 nitrogen and oxygen atoms in total. The quantitative estimate of drug-likeness (QED) is 0.848. The summed E-state index contributed by atoms with van der Waals surface area (Å²) in [5.74, 6) is -1.77. The van der Waals surface area contributed by atoms with E-state index in [9.17, 15) is 8.78 Å². The van der Waals surface area contributed by atoms with Crippen LogP contribution in [0.3, 0.4) is 0 Å². The van der Waals surface area contributed by atoms with Crippen LogP contribution in [0.1, 0.15) is 30.5 Å². The van der Waals surface area contributed by atoms with E-state index in [0.717, 1.165) is 11.8 Å². The van der Waals surface area contributed by atoms with Crippen molar-refractivity contribution in [3.8, 4) is 0 Å². The molecule has 1 N–H and O–H groups in total. The minimum Gasteiger partial charge on any atom is -0.348 e. The number of hydrogen-bond acceptors (Lipinski definition) is 1. The van der Waals surface area contributed by atoms with Crippen LogP contribution in [-0.4, -0.2) is 9.97 Å². The fraction of sp³-hybridized carbons (Fsp3) is 0.250. The number of imidazole rings is 1. The molecule has 1 aromatic carbocycles. The second kappa shape index (κ2) is 4.43. The number of nitrogens with zero attached hydrogens (tertiary/aromatic N) is 1. The van der Waals surface area contributed by atoms with Crippen molar-refractivity contribution in [3.63, 3.8) is 0 Å². The molecule has 2 aromatic rings. The zero-order valence-corrected chi connectivity index (χ0v) is 8.87. The molecule has 0 aliphatic carbocycles. The molecule has 16 heavy (non-hydrogen) atoms. The van der Waals surface area contributed by atoms with Gasteiger partial charge in [-0.3, -0.25) is 0 Å². The van der Waals surface area contributed by atoms with Crippen molar-refractivity contribution in [2.24, 2.45) is 0 Å². The van der Waals surface area contributed by atoms with E-state index < -0.39 is 11.6 Å². The average Bonchev–Trinajstić information content (AvgIpc) is 2.79. The third-order valence-electron chi connectivity index (χ3n) is 2.66. The number of aromatic amines is 1. The Morgan fingerprint density at radius 3 is 2.81 bits per heavy atom. The van der Waals surface area contributed by atoms with Crippen LogP contribution in [-0.2, 0) is 0 Å². The van der Waals surface area contributed by atoms with E-state index in [0.29, 0.717) is 12.0 Å². The van der Waals surface area contributed by atoms with Gasteiger partial charge in [0.25, 0.3) is 0 Å². The van der Waals surface area contributed by atoms with Gasteiger partial charge in [0.1, 0.15) is 0 Å². The molecule has 0 saturated carbocycles. The Balaban J connectivity index is 2.45. The first-order valence-corrected chi connectivity index (χ1v) is 5.16. The van der Waals surface area contributed by atoms with Gasteiger partial charge in [-0.05, 0) is 18.1 Å². The normalized spacial score (nSPS) is 12.7. The van der Waals surface area contributed by atoms with Crippen LogP contribution in [0.4, 0.5) is 8.78 Å². The largest absolute Gasteiger partial charge is 0.348 e. The highest BCUT2D eigenvalue weighted by atomic mass is 19.2. The molecule has 84 valence electrons. The maximum Gasteiger partial charge on any atom is 0.162 e. The molecule has 4 heteroatoms. The number of halogens is 2. The molecular formula is C12H12F2N2. The predicted molar refractivity (Wildman–Crippen MR) is 57.1 cm³/mol. The molecule has 1 heterocycles. The first kappa shape index (κ1) is 10.8. The first-order chi connectivity index (χ1) is 7.74. The standard InChI is InChI=1S/C12H12F2N2/c1-2-8(11-6-15-7-16-11)9-4-3-5-10(13)12(9)14/h3-8H,2H2,1H3,(H,15,16). The fourth-order valence-electron chi connectivity index (χ4n) is 1.85. The number of aromatic nitrogens is 2. The lowest BCUT2D eigenvalue weighted by Crippen LogP contribution is -2.04. The molecule has 0 amide bonds. The molecule has 0 aliphatic rings. The summed E-state index contributed by atoms with van der Waals surface area (Å²) in [7, 11) is 0. The lowest BCUT2D eigenvalue weighted by molar-refractivity contribution is 0.491. The van der Waals surface area contributed by atoms with Gasteiger partial charge in [-0.25, -0.2) is 13.8 Å². The maximum absolute atomic E-state index is 13.6. The van der Waals surface area contributed by atoms with Gasteiger partial charge < -0.3 is 4.98 Å². The van der Waals surface area contributed by atoms with Gasteiger partial charge in [-0.1, -0.05) is 19.1 Å². The van der Waals surface area contributed by atoms with Crippen LogP contribution >= 0.6 is 0 Å². The fourth-order valence-corrected chi connectivity index (χ4v) is 1.85. The molecule has 0 radical (unpaired) electrons. The Hall–Kier alpha value is -1.71. The van der Waals surface area contributed by atoms with Gasteiger partial charge in [0, 0.05) is 17.8 Å². The lowest BCUT2D eigenvalue weighted by atomic mass is 9.93. The van der Waals surface area contributed by atoms with Gasteiger partial charge in [-0.2, -0.15) is 0 Å². The van der Waals surface area contributed by atoms with E-state index in [4.69, 9.17) is 0 Å². The number of hydrogen-bond donors (Lipinski definition) is 1. The lowest BCUT2D eigenvalue weighted by Gasteiger charge is -2.14. The van der Waals surface area contributed by atoms with Crippen LogP contribution in [0.5, 0.6) is 0 Å². The molecule has 1 unspecified atom stereocenters. The van der Waals surface area contributed by atoms with Crippen molar-refractivity contribution < 1.29 is 8.78 Å². The van der Waals surface area contributed by atoms with Crippen molar-refractivity contribution >= 4 is 0 Å². The van der Waals surface area contributed by atoms with Gasteiger partial charge in [0.15, 0.2) is 11.6 Å². The van der Waals surface area contributed by atoms with Crippen molar-refractivity contribution in [2.75, 3.05) is 0 Å². The summed E-state index contributed by atoms with van der Waals surface area (Å²) in [6, 6.07) is 4.25. The Kier molecular flexibility index (Phi) is 2.99. The van der Waals surface area contributed by atoms with Gasteiger partial charge in [0.05, 0.1) is 6.33 Å². The number of benzene rings is 1. The minimum absolute atomic E-state index is 0.182. The number of H-pyrrole nitrogens is 1. The smallest absolute Gasteiger partial charge is 0.162 e. The Bertz CT molecular complexity index is 466. The van der Waals surface area contributed by atoms with Gasteiger partial charge in [-0.15, -0.1) is 0 Å². The van der Waals surface area contributed by atoms with E-state index in [1.165, 1.54) is 12.4 Å². The highest BCUT2D eigenvalue weighted by Crippen LogP contribution is 2.28. The predicted octanol–water partition coefficient (Wildman–Crippen LogP) is 3.23. The summed E-state index contributed by atoms with van der Waals surface area (Å²) in [5.41, 5.74) is 1.17. The Morgan fingerprint density at radius 2 is 2.19 bits per heavy atom. The van der Waals surface area contributed by atoms with E-state index in [2.05, 4.69) is 9.97 Å². The number of nitrogens with one attached hydrogen (secondary N) is 1. The molecule has 2 rings (SSSR count). The highest BCUT2D eigenvalue weighted by Gasteiger charge is 2.19. The molecule has 0 saturated heterocycles. The summed E-state index contributed by atoms with van der Waals surface area (Å²) in [5, 5.41) is 0. The Labute approximate surface area is 92.3 Å². The second-order valence-corrected chi connectivity index (χ2v) is 3.61. The van der Waals surface area contributed by atoms with E-state index in [-0.39, 0.29) is 5.92 Å². The third kappa shape index (κ3) is 1.83. The van der Waals surface area contributed by atoms with Crippen molar-refractivity contribution in [2.45, 2.75) is 19.3 Å². The first-order valence-electron chi connectivity index (χ1n) is 5.16. The molecule has 1 aromatic heterocycles. The maximum atomic E-state index is 13.6. The van der Waals surface area contributed by atoms with Crippen molar-refractivity contribution in [1.29, 1.82) is 0 Å². The SMILES string of the molecule is CCC(c1cnc[nH]1)c1cccc(F)c1F. The Morgan fingerprint density at radius 1 is 1.38 bits per heavy atom. The van der Waals surface area contributed by atoms with E-state index in [1.807, 2.05) is 6.92 Å². The molecule has 0 bridgehead atoms. The zero-order chi connectivity index (χ0) is 11.5. The summed E-state index contributed by atoms with van der Waals surface area (Å²) < 4.78 is 26.7. The molecule has 0 spiro atoms. The minimum atomic E-state index is -0.810. The summed E-state index contributed by atoms with van der Waals surface area (Å²) >= 11 is 0. The van der Waals surface area contributed by atoms with Crippen LogP contribution in [0.15, 0.2) is 30.7 Å². The molecule has 0 fully saturated rings. The average molecular weight is 222 g/mol. The highest BCUT2D eigenvalue weighted by molar-refractivity contribution is 5.29. The van der Waals surface area contributed by atoms with Crippen LogP contribution in [0.25, 0.3) is 0 Å². The monoisotopic (exact) mass is 222 g/mol. The van der Waals surface area contributed by atoms with Crippen LogP contribution in [0.2, 0.25) is 0 Å². The van der Waals surface area contributed by atoms with E-state index >= 15 is 0 Å². The van der Waals surface area contributed by atoms with E-state index in [1.54, 1.807) is 12.3 Å². The summed E-state index contributed by atoms with van der Waals surface area (Å²) in [4.78, 5) is 6.83. The molecular weight excluding hydrogens is 210 g/mol. The van der Waals surface area contributed by atoms with Gasteiger partial charge in [0.2, 0.25) is 0 Å². The summed E-state index contributed by atoms with van der Waals surface area (Å²) in [6.07, 6.45) is 3.86. The zero-order valence-electron chi connectivity index (χ0n) is 8.87. The molecule has 1 atom stereocenters. The second-order valence-electron chi connectivity index (χ2n) is 3.61. The topological polar surface area (TPSA) is 28.7 Å². The van der Waals surface area contributed by atoms with Crippen LogP contribution < -0.4 is 0 Å². The van der Waals surface area contributed by atoms with Gasteiger partial charge >= 0.3 is 0 Å².